The lowest BCUT2D eigenvalue weighted by molar-refractivity contribution is -0.120. The van der Waals surface area contributed by atoms with E-state index in [0.29, 0.717) is 0 Å². The Morgan fingerprint density at radius 2 is 1.83 bits per heavy atom. The molecule has 0 saturated carbocycles. The molecule has 1 atom stereocenters. The van der Waals surface area contributed by atoms with E-state index < -0.39 is 28.3 Å². The molecule has 1 N–H and O–H groups in total. The van der Waals surface area contributed by atoms with E-state index in [-0.39, 0.29) is 11.7 Å². The molecule has 2 aromatic rings. The summed E-state index contributed by atoms with van der Waals surface area (Å²) in [5.41, 5.74) is 1.02. The number of nitrogens with zero attached hydrogens (tertiary/aromatic N) is 1. The van der Waals surface area contributed by atoms with Gasteiger partial charge in [0, 0.05) is 0 Å². The van der Waals surface area contributed by atoms with Crippen LogP contribution >= 0.6 is 0 Å². The van der Waals surface area contributed by atoms with Crippen LogP contribution in [-0.2, 0) is 14.8 Å². The molecule has 7 heteroatoms. The van der Waals surface area contributed by atoms with E-state index in [0.717, 1.165) is 22.2 Å². The number of anilines is 1. The summed E-state index contributed by atoms with van der Waals surface area (Å²) < 4.78 is 38.2. The lowest BCUT2D eigenvalue weighted by atomic mass is 10.1. The third-order valence-corrected chi connectivity index (χ3v) is 4.60. The molecule has 0 spiro atoms. The quantitative estimate of drug-likeness (QED) is 0.870. The van der Waals surface area contributed by atoms with Gasteiger partial charge in [0.25, 0.3) is 0 Å². The molecule has 0 bridgehead atoms. The molecule has 2 aromatic carbocycles. The van der Waals surface area contributed by atoms with E-state index in [9.17, 15) is 17.6 Å². The molecule has 0 fully saturated rings. The van der Waals surface area contributed by atoms with Crippen molar-refractivity contribution < 1.29 is 17.6 Å². The first-order chi connectivity index (χ1) is 11.3. The van der Waals surface area contributed by atoms with Crippen LogP contribution in [0.25, 0.3) is 0 Å². The summed E-state index contributed by atoms with van der Waals surface area (Å²) in [5.74, 6) is -1.04. The van der Waals surface area contributed by atoms with Gasteiger partial charge in [-0.05, 0) is 30.7 Å². The maximum atomic E-state index is 13.4. The number of carbonyl (C=O) groups is 1. The SMILES string of the molecule is C[C@@H](NC(=O)CN(c1cccc(F)c1)S(C)(=O)=O)c1ccccc1. The normalized spacial score (nSPS) is 12.5. The van der Waals surface area contributed by atoms with Crippen molar-refractivity contribution in [3.63, 3.8) is 0 Å². The third-order valence-electron chi connectivity index (χ3n) is 3.46. The van der Waals surface area contributed by atoms with E-state index in [1.165, 1.54) is 18.2 Å². The highest BCUT2D eigenvalue weighted by molar-refractivity contribution is 7.92. The van der Waals surface area contributed by atoms with Crippen LogP contribution < -0.4 is 9.62 Å². The topological polar surface area (TPSA) is 66.5 Å². The van der Waals surface area contributed by atoms with Crippen LogP contribution in [0.4, 0.5) is 10.1 Å². The molecule has 1 amide bonds. The highest BCUT2D eigenvalue weighted by atomic mass is 32.2. The number of carbonyl (C=O) groups excluding carboxylic acids is 1. The second kappa shape index (κ2) is 7.44. The van der Waals surface area contributed by atoms with Crippen LogP contribution in [0.5, 0.6) is 0 Å². The second-order valence-corrected chi connectivity index (χ2v) is 7.36. The molecule has 128 valence electrons. The number of sulfonamides is 1. The van der Waals surface area contributed by atoms with Crippen molar-refractivity contribution in [3.8, 4) is 0 Å². The van der Waals surface area contributed by atoms with E-state index in [1.807, 2.05) is 30.3 Å². The van der Waals surface area contributed by atoms with Gasteiger partial charge in [0.15, 0.2) is 0 Å². The maximum Gasteiger partial charge on any atom is 0.241 e. The molecule has 0 aromatic heterocycles. The first kappa shape index (κ1) is 17.9. The van der Waals surface area contributed by atoms with Crippen molar-refractivity contribution in [1.82, 2.24) is 5.32 Å². The van der Waals surface area contributed by atoms with Crippen molar-refractivity contribution in [2.75, 3.05) is 17.1 Å². The largest absolute Gasteiger partial charge is 0.348 e. The Bertz CT molecular complexity index is 810. The number of benzene rings is 2. The Labute approximate surface area is 141 Å². The van der Waals surface area contributed by atoms with Gasteiger partial charge in [0.2, 0.25) is 15.9 Å². The van der Waals surface area contributed by atoms with Crippen LogP contribution in [0.3, 0.4) is 0 Å². The minimum atomic E-state index is -3.72. The Kier molecular flexibility index (Phi) is 5.56. The van der Waals surface area contributed by atoms with Gasteiger partial charge >= 0.3 is 0 Å². The molecule has 0 aliphatic rings. The molecule has 0 unspecified atom stereocenters. The molecule has 5 nitrogen and oxygen atoms in total. The Morgan fingerprint density at radius 1 is 1.17 bits per heavy atom. The minimum Gasteiger partial charge on any atom is -0.348 e. The average Bonchev–Trinajstić information content (AvgIpc) is 2.52. The molecule has 0 saturated heterocycles. The van der Waals surface area contributed by atoms with Gasteiger partial charge in [0.1, 0.15) is 12.4 Å². The summed E-state index contributed by atoms with van der Waals surface area (Å²) in [5, 5.41) is 2.74. The monoisotopic (exact) mass is 350 g/mol. The fraction of sp³-hybridized carbons (Fsp3) is 0.235. The molecule has 0 aliphatic carbocycles. The summed E-state index contributed by atoms with van der Waals surface area (Å²) in [6.45, 7) is 1.39. The van der Waals surface area contributed by atoms with Crippen molar-refractivity contribution in [2.45, 2.75) is 13.0 Å². The molecule has 24 heavy (non-hydrogen) atoms. The predicted molar refractivity (Wildman–Crippen MR) is 91.6 cm³/mol. The summed E-state index contributed by atoms with van der Waals surface area (Å²) >= 11 is 0. The number of rotatable bonds is 6. The van der Waals surface area contributed by atoms with Gasteiger partial charge in [-0.1, -0.05) is 36.4 Å². The summed E-state index contributed by atoms with van der Waals surface area (Å²) in [4.78, 5) is 12.2. The first-order valence-corrected chi connectivity index (χ1v) is 9.20. The Morgan fingerprint density at radius 3 is 2.42 bits per heavy atom. The van der Waals surface area contributed by atoms with Gasteiger partial charge < -0.3 is 5.32 Å². The Hall–Kier alpha value is -2.41. The molecular weight excluding hydrogens is 331 g/mol. The number of nitrogens with one attached hydrogen (secondary N) is 1. The fourth-order valence-electron chi connectivity index (χ4n) is 2.27. The number of amides is 1. The first-order valence-electron chi connectivity index (χ1n) is 7.35. The maximum absolute atomic E-state index is 13.4. The van der Waals surface area contributed by atoms with Gasteiger partial charge in [-0.2, -0.15) is 0 Å². The minimum absolute atomic E-state index is 0.111. The lowest BCUT2D eigenvalue weighted by Crippen LogP contribution is -2.41. The summed E-state index contributed by atoms with van der Waals surface area (Å²) in [6, 6.07) is 14.2. The molecule has 0 aliphatic heterocycles. The van der Waals surface area contributed by atoms with Crippen molar-refractivity contribution in [3.05, 3.63) is 66.0 Å². The van der Waals surface area contributed by atoms with E-state index in [4.69, 9.17) is 0 Å². The zero-order valence-electron chi connectivity index (χ0n) is 13.4. The number of hydrogen-bond acceptors (Lipinski definition) is 3. The predicted octanol–water partition coefficient (Wildman–Crippen LogP) is 2.47. The standard InChI is InChI=1S/C17H19FN2O3S/c1-13(14-7-4-3-5-8-14)19-17(21)12-20(24(2,22)23)16-10-6-9-15(18)11-16/h3-11,13H,12H2,1-2H3,(H,19,21)/t13-/m1/s1. The zero-order chi connectivity index (χ0) is 17.7. The van der Waals surface area contributed by atoms with Crippen LogP contribution in [0.2, 0.25) is 0 Å². The lowest BCUT2D eigenvalue weighted by Gasteiger charge is -2.23. The van der Waals surface area contributed by atoms with Gasteiger partial charge in [0.05, 0.1) is 18.0 Å². The van der Waals surface area contributed by atoms with Crippen LogP contribution in [-0.4, -0.2) is 27.1 Å². The number of halogens is 1. The average molecular weight is 350 g/mol. The van der Waals surface area contributed by atoms with Crippen LogP contribution in [0, 0.1) is 5.82 Å². The molecule has 2 rings (SSSR count). The summed E-state index contributed by atoms with van der Waals surface area (Å²) in [7, 11) is -3.72. The van der Waals surface area contributed by atoms with Crippen LogP contribution in [0.1, 0.15) is 18.5 Å². The van der Waals surface area contributed by atoms with Gasteiger partial charge in [-0.25, -0.2) is 12.8 Å². The molecular formula is C17H19FN2O3S. The molecule has 0 radical (unpaired) electrons. The van der Waals surface area contributed by atoms with E-state index in [1.54, 1.807) is 6.92 Å². The zero-order valence-corrected chi connectivity index (χ0v) is 14.3. The second-order valence-electron chi connectivity index (χ2n) is 5.45. The third kappa shape index (κ3) is 4.79. The van der Waals surface area contributed by atoms with Crippen molar-refractivity contribution in [2.24, 2.45) is 0 Å². The smallest absolute Gasteiger partial charge is 0.241 e. The number of hydrogen-bond donors (Lipinski definition) is 1. The van der Waals surface area contributed by atoms with E-state index in [2.05, 4.69) is 5.32 Å². The van der Waals surface area contributed by atoms with Crippen LogP contribution in [0.15, 0.2) is 54.6 Å². The summed E-state index contributed by atoms with van der Waals surface area (Å²) in [6.07, 6.45) is 0.978. The van der Waals surface area contributed by atoms with E-state index >= 15 is 0 Å². The Balaban J connectivity index is 2.14. The van der Waals surface area contributed by atoms with Crippen molar-refractivity contribution >= 4 is 21.6 Å². The highest BCUT2D eigenvalue weighted by Gasteiger charge is 2.22. The fourth-order valence-corrected chi connectivity index (χ4v) is 3.12. The van der Waals surface area contributed by atoms with Crippen molar-refractivity contribution in [1.29, 1.82) is 0 Å². The molecule has 0 heterocycles. The van der Waals surface area contributed by atoms with Gasteiger partial charge in [-0.15, -0.1) is 0 Å². The highest BCUT2D eigenvalue weighted by Crippen LogP contribution is 2.18. The van der Waals surface area contributed by atoms with Gasteiger partial charge in [-0.3, -0.25) is 9.10 Å².